The van der Waals surface area contributed by atoms with Crippen LogP contribution >= 0.6 is 0 Å². The highest BCUT2D eigenvalue weighted by Crippen LogP contribution is 2.21. The number of hydrogen-bond donors (Lipinski definition) is 1. The fourth-order valence-corrected chi connectivity index (χ4v) is 1.96. The van der Waals surface area contributed by atoms with Crippen LogP contribution in [0, 0.1) is 6.92 Å². The summed E-state index contributed by atoms with van der Waals surface area (Å²) >= 11 is 0. The summed E-state index contributed by atoms with van der Waals surface area (Å²) in [6.45, 7) is 1.88. The van der Waals surface area contributed by atoms with Crippen molar-refractivity contribution in [3.05, 3.63) is 48.4 Å². The maximum absolute atomic E-state index is 5.16. The second-order valence-electron chi connectivity index (χ2n) is 4.18. The number of methoxy groups -OCH3 is 1. The van der Waals surface area contributed by atoms with Gasteiger partial charge in [0.25, 0.3) is 0 Å². The molecule has 3 rings (SSSR count). The number of nitrogens with one attached hydrogen (secondary N) is 1. The van der Waals surface area contributed by atoms with E-state index < -0.39 is 0 Å². The Bertz CT molecular complexity index is 668. The molecule has 1 aromatic carbocycles. The molecule has 1 N–H and O–H groups in total. The minimum Gasteiger partial charge on any atom is -0.497 e. The van der Waals surface area contributed by atoms with Crippen molar-refractivity contribution in [1.29, 1.82) is 0 Å². The summed E-state index contributed by atoms with van der Waals surface area (Å²) in [7, 11) is 1.65. The van der Waals surface area contributed by atoms with E-state index in [0.717, 1.165) is 28.8 Å². The maximum Gasteiger partial charge on any atom is 0.179 e. The Morgan fingerprint density at radius 2 is 1.95 bits per heavy atom. The lowest BCUT2D eigenvalue weighted by molar-refractivity contribution is 0.414. The highest BCUT2D eigenvalue weighted by Gasteiger charge is 2.12. The van der Waals surface area contributed by atoms with Gasteiger partial charge in [0.05, 0.1) is 18.5 Å². The third-order valence-corrected chi connectivity index (χ3v) is 2.87. The summed E-state index contributed by atoms with van der Waals surface area (Å²) in [6, 6.07) is 11.6. The molecule has 0 radical (unpaired) electrons. The molecule has 0 amide bonds. The quantitative estimate of drug-likeness (QED) is 0.781. The van der Waals surface area contributed by atoms with Crippen molar-refractivity contribution in [3.63, 3.8) is 0 Å². The number of nitrogens with zero attached hydrogens (tertiary/aromatic N) is 3. The molecule has 19 heavy (non-hydrogen) atoms. The van der Waals surface area contributed by atoms with E-state index in [9.17, 15) is 0 Å². The third kappa shape index (κ3) is 2.10. The lowest BCUT2D eigenvalue weighted by Crippen LogP contribution is -1.99. The van der Waals surface area contributed by atoms with Crippen LogP contribution in [0.2, 0.25) is 0 Å². The molecule has 0 saturated carbocycles. The lowest BCUT2D eigenvalue weighted by atomic mass is 10.3. The van der Waals surface area contributed by atoms with E-state index >= 15 is 0 Å². The summed E-state index contributed by atoms with van der Waals surface area (Å²) < 4.78 is 6.98. The Balaban J connectivity index is 2.09. The monoisotopic (exact) mass is 254 g/mol. The van der Waals surface area contributed by atoms with Crippen LogP contribution in [0.5, 0.6) is 5.75 Å². The Morgan fingerprint density at radius 1 is 1.16 bits per heavy atom. The molecule has 0 spiro atoms. The van der Waals surface area contributed by atoms with Crippen LogP contribution in [-0.4, -0.2) is 26.9 Å². The van der Waals surface area contributed by atoms with Gasteiger partial charge in [0.2, 0.25) is 0 Å². The smallest absolute Gasteiger partial charge is 0.179 e. The topological polar surface area (TPSA) is 55.7 Å². The van der Waals surface area contributed by atoms with Crippen molar-refractivity contribution in [3.8, 4) is 23.0 Å². The van der Waals surface area contributed by atoms with Gasteiger partial charge in [0.15, 0.2) is 5.82 Å². The zero-order valence-corrected chi connectivity index (χ0v) is 10.8. The average molecular weight is 254 g/mol. The van der Waals surface area contributed by atoms with E-state index in [1.54, 1.807) is 7.11 Å². The Morgan fingerprint density at radius 3 is 2.58 bits per heavy atom. The van der Waals surface area contributed by atoms with Crippen LogP contribution in [0.4, 0.5) is 0 Å². The first-order valence-corrected chi connectivity index (χ1v) is 6.00. The zero-order chi connectivity index (χ0) is 13.2. The summed E-state index contributed by atoms with van der Waals surface area (Å²) in [4.78, 5) is 7.61. The van der Waals surface area contributed by atoms with Crippen molar-refractivity contribution < 1.29 is 4.74 Å². The van der Waals surface area contributed by atoms with E-state index in [1.807, 2.05) is 54.2 Å². The van der Waals surface area contributed by atoms with Crippen LogP contribution in [0.1, 0.15) is 5.82 Å². The second-order valence-corrected chi connectivity index (χ2v) is 4.18. The molecule has 96 valence electrons. The normalized spacial score (nSPS) is 10.6. The number of hydrogen-bond acceptors (Lipinski definition) is 3. The van der Waals surface area contributed by atoms with Crippen molar-refractivity contribution in [2.75, 3.05) is 7.11 Å². The number of ether oxygens (including phenoxy) is 1. The number of H-pyrrole nitrogens is 1. The number of rotatable bonds is 3. The van der Waals surface area contributed by atoms with Gasteiger partial charge in [-0.1, -0.05) is 0 Å². The van der Waals surface area contributed by atoms with Gasteiger partial charge < -0.3 is 9.72 Å². The molecule has 2 aromatic heterocycles. The summed E-state index contributed by atoms with van der Waals surface area (Å²) in [5, 5.41) is 4.44. The second kappa shape index (κ2) is 4.61. The molecule has 5 nitrogen and oxygen atoms in total. The van der Waals surface area contributed by atoms with Gasteiger partial charge in [0.1, 0.15) is 11.6 Å². The fourth-order valence-electron chi connectivity index (χ4n) is 1.96. The number of aromatic amines is 1. The van der Waals surface area contributed by atoms with E-state index in [1.165, 1.54) is 0 Å². The van der Waals surface area contributed by atoms with E-state index in [4.69, 9.17) is 4.74 Å². The van der Waals surface area contributed by atoms with Crippen molar-refractivity contribution >= 4 is 0 Å². The van der Waals surface area contributed by atoms with Crippen LogP contribution in [-0.2, 0) is 0 Å². The highest BCUT2D eigenvalue weighted by atomic mass is 16.5. The summed E-state index contributed by atoms with van der Waals surface area (Å²) in [5.41, 5.74) is 1.89. The standard InChI is InChI=1S/C14H14N4O/c1-10-16-14(13-4-3-9-15-13)18(17-10)11-5-7-12(19-2)8-6-11/h3-9,15H,1-2H3. The lowest BCUT2D eigenvalue weighted by Gasteiger charge is -2.05. The minimum absolute atomic E-state index is 0.736. The van der Waals surface area contributed by atoms with Crippen LogP contribution < -0.4 is 4.74 Å². The van der Waals surface area contributed by atoms with Gasteiger partial charge in [-0.3, -0.25) is 0 Å². The number of aromatic nitrogens is 4. The van der Waals surface area contributed by atoms with E-state index in [-0.39, 0.29) is 0 Å². The van der Waals surface area contributed by atoms with Crippen molar-refractivity contribution in [2.24, 2.45) is 0 Å². The average Bonchev–Trinajstić information content (AvgIpc) is 3.07. The molecule has 0 aliphatic rings. The number of aryl methyl sites for hydroxylation is 1. The molecular weight excluding hydrogens is 240 g/mol. The van der Waals surface area contributed by atoms with Gasteiger partial charge in [0, 0.05) is 6.20 Å². The predicted octanol–water partition coefficient (Wildman–Crippen LogP) is 2.58. The molecule has 0 aliphatic carbocycles. The fraction of sp³-hybridized carbons (Fsp3) is 0.143. The van der Waals surface area contributed by atoms with Gasteiger partial charge >= 0.3 is 0 Å². The first-order chi connectivity index (χ1) is 9.28. The molecule has 5 heteroatoms. The molecule has 0 saturated heterocycles. The van der Waals surface area contributed by atoms with E-state index in [2.05, 4.69) is 15.1 Å². The third-order valence-electron chi connectivity index (χ3n) is 2.87. The highest BCUT2D eigenvalue weighted by molar-refractivity contribution is 5.53. The molecule has 0 unspecified atom stereocenters. The summed E-state index contributed by atoms with van der Waals surface area (Å²) in [6.07, 6.45) is 1.87. The molecule has 0 aliphatic heterocycles. The molecular formula is C14H14N4O. The first kappa shape index (κ1) is 11.5. The first-order valence-electron chi connectivity index (χ1n) is 6.00. The van der Waals surface area contributed by atoms with E-state index in [0.29, 0.717) is 0 Å². The van der Waals surface area contributed by atoms with Gasteiger partial charge in [-0.25, -0.2) is 9.67 Å². The van der Waals surface area contributed by atoms with Crippen LogP contribution in [0.3, 0.4) is 0 Å². The van der Waals surface area contributed by atoms with Gasteiger partial charge in [-0.2, -0.15) is 5.10 Å². The predicted molar refractivity (Wildman–Crippen MR) is 72.4 cm³/mol. The van der Waals surface area contributed by atoms with Gasteiger partial charge in [-0.15, -0.1) is 0 Å². The Labute approximate surface area is 110 Å². The van der Waals surface area contributed by atoms with Crippen molar-refractivity contribution in [1.82, 2.24) is 19.7 Å². The maximum atomic E-state index is 5.16. The van der Waals surface area contributed by atoms with Crippen LogP contribution in [0.15, 0.2) is 42.6 Å². The zero-order valence-electron chi connectivity index (χ0n) is 10.8. The largest absolute Gasteiger partial charge is 0.497 e. The number of benzene rings is 1. The van der Waals surface area contributed by atoms with Crippen LogP contribution in [0.25, 0.3) is 17.2 Å². The van der Waals surface area contributed by atoms with Gasteiger partial charge in [-0.05, 0) is 43.3 Å². The summed E-state index contributed by atoms with van der Waals surface area (Å²) in [5.74, 6) is 2.36. The molecule has 0 fully saturated rings. The molecule has 3 aromatic rings. The molecule has 0 atom stereocenters. The Hall–Kier alpha value is -2.56. The Kier molecular flexibility index (Phi) is 2.79. The molecule has 2 heterocycles. The minimum atomic E-state index is 0.736. The SMILES string of the molecule is COc1ccc(-n2nc(C)nc2-c2ccc[nH]2)cc1. The molecule has 0 bridgehead atoms. The van der Waals surface area contributed by atoms with Crippen molar-refractivity contribution in [2.45, 2.75) is 6.92 Å².